The van der Waals surface area contributed by atoms with Crippen LogP contribution in [0, 0.1) is 13.8 Å². The van der Waals surface area contributed by atoms with E-state index in [1.165, 1.54) is 5.56 Å². The summed E-state index contributed by atoms with van der Waals surface area (Å²) in [5.41, 5.74) is 9.08. The Morgan fingerprint density at radius 3 is 2.29 bits per heavy atom. The molecule has 0 aliphatic carbocycles. The Balaban J connectivity index is 1.79. The van der Waals surface area contributed by atoms with E-state index in [9.17, 15) is 4.79 Å². The van der Waals surface area contributed by atoms with Crippen LogP contribution in [0.25, 0.3) is 5.70 Å². The second kappa shape index (κ2) is 8.06. The average molecular weight is 326 g/mol. The van der Waals surface area contributed by atoms with Crippen molar-refractivity contribution in [3.63, 3.8) is 0 Å². The lowest BCUT2D eigenvalue weighted by atomic mass is 10.1. The van der Waals surface area contributed by atoms with Crippen LogP contribution in [0.1, 0.15) is 16.7 Å². The van der Waals surface area contributed by atoms with Gasteiger partial charge in [0.05, 0.1) is 12.8 Å². The van der Waals surface area contributed by atoms with E-state index in [0.29, 0.717) is 11.4 Å². The number of amides is 1. The molecule has 0 saturated carbocycles. The van der Waals surface area contributed by atoms with Crippen LogP contribution in [0.2, 0.25) is 0 Å². The Bertz CT molecular complexity index is 724. The van der Waals surface area contributed by atoms with Gasteiger partial charge in [-0.1, -0.05) is 12.6 Å². The third-order valence-corrected chi connectivity index (χ3v) is 3.64. The first-order valence-electron chi connectivity index (χ1n) is 7.58. The number of hydrogen-bond acceptors (Lipinski definition) is 4. The number of ether oxygens (including phenoxy) is 2. The maximum Gasteiger partial charge on any atom is 0.276 e. The molecule has 0 saturated heterocycles. The molecular weight excluding hydrogens is 304 g/mol. The molecule has 0 aliphatic heterocycles. The van der Waals surface area contributed by atoms with Gasteiger partial charge in [0.1, 0.15) is 11.5 Å². The first-order valence-corrected chi connectivity index (χ1v) is 7.58. The van der Waals surface area contributed by atoms with E-state index in [4.69, 9.17) is 9.47 Å². The molecule has 2 N–H and O–H groups in total. The molecule has 0 bridgehead atoms. The Hall–Kier alpha value is -2.95. The van der Waals surface area contributed by atoms with Crippen molar-refractivity contribution >= 4 is 11.6 Å². The van der Waals surface area contributed by atoms with Crippen LogP contribution in [0.15, 0.2) is 49.0 Å². The van der Waals surface area contributed by atoms with Crippen molar-refractivity contribution in [2.75, 3.05) is 13.7 Å². The summed E-state index contributed by atoms with van der Waals surface area (Å²) in [4.78, 5) is 11.8. The monoisotopic (exact) mass is 326 g/mol. The summed E-state index contributed by atoms with van der Waals surface area (Å²) < 4.78 is 10.6. The Labute approximate surface area is 142 Å². The zero-order chi connectivity index (χ0) is 17.5. The molecule has 2 aromatic rings. The Kier molecular flexibility index (Phi) is 5.84. The molecule has 0 unspecified atom stereocenters. The van der Waals surface area contributed by atoms with Crippen LogP contribution in [0.5, 0.6) is 11.5 Å². The summed E-state index contributed by atoms with van der Waals surface area (Å²) in [7, 11) is 1.61. The van der Waals surface area contributed by atoms with Crippen molar-refractivity contribution in [1.29, 1.82) is 0 Å². The summed E-state index contributed by atoms with van der Waals surface area (Å²) in [6.45, 7) is 7.84. The molecular formula is C19H22N2O3. The van der Waals surface area contributed by atoms with Crippen molar-refractivity contribution in [1.82, 2.24) is 10.9 Å². The molecule has 0 aliphatic rings. The average Bonchev–Trinajstić information content (AvgIpc) is 2.60. The van der Waals surface area contributed by atoms with Crippen molar-refractivity contribution in [2.24, 2.45) is 0 Å². The number of benzene rings is 2. The number of aryl methyl sites for hydroxylation is 2. The van der Waals surface area contributed by atoms with Crippen molar-refractivity contribution in [2.45, 2.75) is 13.8 Å². The van der Waals surface area contributed by atoms with Gasteiger partial charge in [-0.2, -0.15) is 0 Å². The minimum Gasteiger partial charge on any atom is -0.497 e. The molecule has 0 aromatic heterocycles. The fourth-order valence-electron chi connectivity index (χ4n) is 2.00. The first-order chi connectivity index (χ1) is 11.5. The smallest absolute Gasteiger partial charge is 0.276 e. The topological polar surface area (TPSA) is 59.6 Å². The molecule has 0 radical (unpaired) electrons. The normalized spacial score (nSPS) is 9.96. The fourth-order valence-corrected chi connectivity index (χ4v) is 2.00. The van der Waals surface area contributed by atoms with E-state index < -0.39 is 0 Å². The van der Waals surface area contributed by atoms with Gasteiger partial charge in [0, 0.05) is 0 Å². The maximum atomic E-state index is 11.8. The van der Waals surface area contributed by atoms with Gasteiger partial charge in [-0.3, -0.25) is 15.6 Å². The summed E-state index contributed by atoms with van der Waals surface area (Å²) in [6, 6.07) is 13.1. The summed E-state index contributed by atoms with van der Waals surface area (Å²) in [5.74, 6) is 1.14. The maximum absolute atomic E-state index is 11.8. The minimum absolute atomic E-state index is 0.0780. The van der Waals surface area contributed by atoms with E-state index in [-0.39, 0.29) is 12.5 Å². The van der Waals surface area contributed by atoms with Gasteiger partial charge >= 0.3 is 0 Å². The van der Waals surface area contributed by atoms with E-state index in [1.807, 2.05) is 56.3 Å². The molecule has 126 valence electrons. The summed E-state index contributed by atoms with van der Waals surface area (Å²) in [5, 5.41) is 0. The molecule has 0 heterocycles. The van der Waals surface area contributed by atoms with E-state index >= 15 is 0 Å². The van der Waals surface area contributed by atoms with Crippen LogP contribution < -0.4 is 20.3 Å². The highest BCUT2D eigenvalue weighted by atomic mass is 16.5. The number of methoxy groups -OCH3 is 1. The highest BCUT2D eigenvalue weighted by molar-refractivity contribution is 5.78. The SMILES string of the molecule is C=C(NNC(=O)COc1ccc(C)c(C)c1)c1ccc(OC)cc1. The minimum atomic E-state index is -0.289. The lowest BCUT2D eigenvalue weighted by Crippen LogP contribution is -2.38. The van der Waals surface area contributed by atoms with Gasteiger partial charge in [0.25, 0.3) is 5.91 Å². The predicted molar refractivity (Wildman–Crippen MR) is 94.7 cm³/mol. The van der Waals surface area contributed by atoms with Gasteiger partial charge in [-0.05, 0) is 66.9 Å². The first kappa shape index (κ1) is 17.4. The van der Waals surface area contributed by atoms with E-state index in [0.717, 1.165) is 16.9 Å². The van der Waals surface area contributed by atoms with Crippen LogP contribution in [-0.4, -0.2) is 19.6 Å². The van der Waals surface area contributed by atoms with Gasteiger partial charge in [0.2, 0.25) is 0 Å². The highest BCUT2D eigenvalue weighted by Gasteiger charge is 2.05. The van der Waals surface area contributed by atoms with Gasteiger partial charge < -0.3 is 9.47 Å². The number of carbonyl (C=O) groups is 1. The van der Waals surface area contributed by atoms with Crippen LogP contribution in [0.3, 0.4) is 0 Å². The molecule has 5 heteroatoms. The number of rotatable bonds is 7. The third-order valence-electron chi connectivity index (χ3n) is 3.64. The van der Waals surface area contributed by atoms with E-state index in [1.54, 1.807) is 7.11 Å². The van der Waals surface area contributed by atoms with Crippen LogP contribution in [0.4, 0.5) is 0 Å². The summed E-state index contributed by atoms with van der Waals surface area (Å²) >= 11 is 0. The summed E-state index contributed by atoms with van der Waals surface area (Å²) in [6.07, 6.45) is 0. The zero-order valence-corrected chi connectivity index (χ0v) is 14.2. The molecule has 0 atom stereocenters. The quantitative estimate of drug-likeness (QED) is 0.768. The lowest BCUT2D eigenvalue weighted by Gasteiger charge is -2.12. The van der Waals surface area contributed by atoms with E-state index in [2.05, 4.69) is 17.4 Å². The molecule has 24 heavy (non-hydrogen) atoms. The van der Waals surface area contributed by atoms with Gasteiger partial charge in [-0.25, -0.2) is 0 Å². The number of nitrogens with one attached hydrogen (secondary N) is 2. The highest BCUT2D eigenvalue weighted by Crippen LogP contribution is 2.16. The lowest BCUT2D eigenvalue weighted by molar-refractivity contribution is -0.123. The Morgan fingerprint density at radius 2 is 1.67 bits per heavy atom. The largest absolute Gasteiger partial charge is 0.497 e. The molecule has 2 rings (SSSR count). The van der Waals surface area contributed by atoms with Gasteiger partial charge in [-0.15, -0.1) is 0 Å². The van der Waals surface area contributed by atoms with Gasteiger partial charge in [0.15, 0.2) is 6.61 Å². The third kappa shape index (κ3) is 4.78. The van der Waals surface area contributed by atoms with Crippen molar-refractivity contribution in [3.8, 4) is 11.5 Å². The molecule has 0 spiro atoms. The Morgan fingerprint density at radius 1 is 1.00 bits per heavy atom. The molecule has 1 amide bonds. The second-order valence-corrected chi connectivity index (χ2v) is 5.41. The van der Waals surface area contributed by atoms with Crippen molar-refractivity contribution < 1.29 is 14.3 Å². The number of hydrazine groups is 1. The standard InChI is InChI=1S/C19H22N2O3/c1-13-5-8-18(11-14(13)2)24-12-19(22)21-20-15(3)16-6-9-17(23-4)10-7-16/h5-11,20H,3,12H2,1-2,4H3,(H,21,22). The second-order valence-electron chi connectivity index (χ2n) is 5.41. The molecule has 0 fully saturated rings. The predicted octanol–water partition coefficient (Wildman–Crippen LogP) is 2.98. The number of hydrogen-bond donors (Lipinski definition) is 2. The number of carbonyl (C=O) groups excluding carboxylic acids is 1. The van der Waals surface area contributed by atoms with Crippen LogP contribution in [-0.2, 0) is 4.79 Å². The van der Waals surface area contributed by atoms with Crippen LogP contribution >= 0.6 is 0 Å². The fraction of sp³-hybridized carbons (Fsp3) is 0.211. The zero-order valence-electron chi connectivity index (χ0n) is 14.2. The van der Waals surface area contributed by atoms with Crippen molar-refractivity contribution in [3.05, 3.63) is 65.7 Å². The molecule has 5 nitrogen and oxygen atoms in total. The molecule has 2 aromatic carbocycles.